The highest BCUT2D eigenvalue weighted by molar-refractivity contribution is 8.15. The molecule has 29 heavy (non-hydrogen) atoms. The third-order valence-electron chi connectivity index (χ3n) is 4.81. The molecule has 0 unspecified atom stereocenters. The van der Waals surface area contributed by atoms with Crippen molar-refractivity contribution in [3.8, 4) is 5.75 Å². The molecule has 0 radical (unpaired) electrons. The highest BCUT2D eigenvalue weighted by Crippen LogP contribution is 2.30. The second kappa shape index (κ2) is 8.49. The minimum atomic E-state index is -0.176. The minimum Gasteiger partial charge on any atom is -0.496 e. The van der Waals surface area contributed by atoms with Crippen LogP contribution in [0.5, 0.6) is 5.75 Å². The third-order valence-corrected chi connectivity index (χ3v) is 5.88. The number of rotatable bonds is 5. The largest absolute Gasteiger partial charge is 0.496 e. The number of thioether (sulfide) groups is 1. The molecule has 4 rings (SSSR count). The minimum absolute atomic E-state index is 0.0502. The van der Waals surface area contributed by atoms with E-state index in [1.54, 1.807) is 18.2 Å². The molecule has 1 fully saturated rings. The van der Waals surface area contributed by atoms with Gasteiger partial charge in [-0.15, -0.1) is 5.10 Å². The maximum atomic E-state index is 12.7. The smallest absolute Gasteiger partial charge is 0.242 e. The van der Waals surface area contributed by atoms with Gasteiger partial charge in [0.05, 0.1) is 25.1 Å². The van der Waals surface area contributed by atoms with Crippen LogP contribution in [-0.2, 0) is 11.3 Å². The van der Waals surface area contributed by atoms with Crippen LogP contribution in [0.15, 0.2) is 76.9 Å². The van der Waals surface area contributed by atoms with E-state index in [1.165, 1.54) is 11.8 Å². The van der Waals surface area contributed by atoms with Crippen molar-refractivity contribution >= 4 is 39.8 Å². The Balaban J connectivity index is 1.62. The van der Waals surface area contributed by atoms with Gasteiger partial charge in [0.2, 0.25) is 5.91 Å². The maximum absolute atomic E-state index is 12.7. The number of para-hydroxylation sites is 1. The summed E-state index contributed by atoms with van der Waals surface area (Å²) in [6, 6.07) is 21.9. The molecule has 1 aliphatic heterocycles. The summed E-state index contributed by atoms with van der Waals surface area (Å²) in [6.07, 6.45) is 1.65. The van der Waals surface area contributed by atoms with Crippen molar-refractivity contribution in [3.05, 3.63) is 77.9 Å². The number of methoxy groups -OCH3 is 1. The van der Waals surface area contributed by atoms with Crippen molar-refractivity contribution in [1.29, 1.82) is 0 Å². The first kappa shape index (κ1) is 19.2. The van der Waals surface area contributed by atoms with Crippen molar-refractivity contribution < 1.29 is 9.53 Å². The van der Waals surface area contributed by atoms with Crippen LogP contribution in [0, 0.1) is 0 Å². The SMILES string of the molecule is COc1ccccc1/C=N\N=C1/S[C@@H](C)C(=O)N1Cc1cccc2ccccc12. The first-order valence-corrected chi connectivity index (χ1v) is 10.2. The zero-order valence-electron chi connectivity index (χ0n) is 16.3. The summed E-state index contributed by atoms with van der Waals surface area (Å²) in [6.45, 7) is 2.37. The van der Waals surface area contributed by atoms with Crippen LogP contribution in [0.25, 0.3) is 10.8 Å². The molecule has 0 aliphatic carbocycles. The zero-order chi connectivity index (χ0) is 20.2. The Morgan fingerprint density at radius 2 is 1.83 bits per heavy atom. The second-order valence-electron chi connectivity index (χ2n) is 6.69. The van der Waals surface area contributed by atoms with Crippen LogP contribution in [0.1, 0.15) is 18.1 Å². The number of carbonyl (C=O) groups is 1. The maximum Gasteiger partial charge on any atom is 0.242 e. The Labute approximate surface area is 174 Å². The molecule has 0 spiro atoms. The van der Waals surface area contributed by atoms with E-state index < -0.39 is 0 Å². The summed E-state index contributed by atoms with van der Waals surface area (Å²) < 4.78 is 5.33. The fraction of sp³-hybridized carbons (Fsp3) is 0.174. The van der Waals surface area contributed by atoms with E-state index in [2.05, 4.69) is 34.5 Å². The highest BCUT2D eigenvalue weighted by Gasteiger charge is 2.35. The fourth-order valence-corrected chi connectivity index (χ4v) is 4.24. The molecule has 3 aromatic carbocycles. The van der Waals surface area contributed by atoms with Crippen molar-refractivity contribution in [2.24, 2.45) is 10.2 Å². The van der Waals surface area contributed by atoms with E-state index in [0.717, 1.165) is 27.6 Å². The molecular formula is C23H21N3O2S. The number of hydrogen-bond acceptors (Lipinski definition) is 5. The quantitative estimate of drug-likeness (QED) is 0.458. The summed E-state index contributed by atoms with van der Waals surface area (Å²) >= 11 is 1.43. The average Bonchev–Trinajstić information content (AvgIpc) is 3.02. The number of amides is 1. The molecule has 0 N–H and O–H groups in total. The van der Waals surface area contributed by atoms with Crippen molar-refractivity contribution in [2.75, 3.05) is 7.11 Å². The van der Waals surface area contributed by atoms with E-state index in [1.807, 2.05) is 49.4 Å². The van der Waals surface area contributed by atoms with Crippen molar-refractivity contribution in [2.45, 2.75) is 18.7 Å². The zero-order valence-corrected chi connectivity index (χ0v) is 17.1. The van der Waals surface area contributed by atoms with Crippen LogP contribution in [0.4, 0.5) is 0 Å². The molecule has 0 saturated carbocycles. The summed E-state index contributed by atoms with van der Waals surface area (Å²) in [4.78, 5) is 14.5. The monoisotopic (exact) mass is 403 g/mol. The van der Waals surface area contributed by atoms with Gasteiger partial charge in [0.15, 0.2) is 5.17 Å². The lowest BCUT2D eigenvalue weighted by Crippen LogP contribution is -2.30. The van der Waals surface area contributed by atoms with E-state index in [4.69, 9.17) is 4.74 Å². The lowest BCUT2D eigenvalue weighted by molar-refractivity contribution is -0.126. The highest BCUT2D eigenvalue weighted by atomic mass is 32.2. The van der Waals surface area contributed by atoms with Gasteiger partial charge in [-0.3, -0.25) is 9.69 Å². The Kier molecular flexibility index (Phi) is 5.62. The molecule has 1 amide bonds. The first-order valence-electron chi connectivity index (χ1n) is 9.36. The predicted octanol–water partition coefficient (Wildman–Crippen LogP) is 4.70. The van der Waals surface area contributed by atoms with Gasteiger partial charge in [-0.2, -0.15) is 5.10 Å². The van der Waals surface area contributed by atoms with Gasteiger partial charge in [0.1, 0.15) is 5.75 Å². The molecule has 5 nitrogen and oxygen atoms in total. The Hall–Kier alpha value is -3.12. The Morgan fingerprint density at radius 3 is 2.69 bits per heavy atom. The normalized spacial score (nSPS) is 18.3. The number of fused-ring (bicyclic) bond motifs is 1. The standard InChI is InChI=1S/C23H21N3O2S/c1-16-22(27)26(15-19-11-7-10-17-8-3-5-12-20(17)19)23(29-16)25-24-14-18-9-4-6-13-21(18)28-2/h3-14,16H,15H2,1-2H3/b24-14-,25-23-/t16-/m0/s1. The molecule has 1 atom stereocenters. The number of ether oxygens (including phenoxy) is 1. The van der Waals surface area contributed by atoms with Gasteiger partial charge in [-0.1, -0.05) is 66.4 Å². The van der Waals surface area contributed by atoms with Gasteiger partial charge in [0, 0.05) is 5.56 Å². The van der Waals surface area contributed by atoms with Gasteiger partial charge < -0.3 is 4.74 Å². The molecule has 1 aliphatic rings. The van der Waals surface area contributed by atoms with E-state index in [-0.39, 0.29) is 11.2 Å². The van der Waals surface area contributed by atoms with E-state index >= 15 is 0 Å². The molecule has 0 aromatic heterocycles. The number of carbonyl (C=O) groups excluding carboxylic acids is 1. The molecule has 146 valence electrons. The average molecular weight is 404 g/mol. The third kappa shape index (κ3) is 4.03. The fourth-order valence-electron chi connectivity index (χ4n) is 3.32. The van der Waals surface area contributed by atoms with Crippen LogP contribution in [0.3, 0.4) is 0 Å². The van der Waals surface area contributed by atoms with Crippen LogP contribution >= 0.6 is 11.8 Å². The number of hydrogen-bond donors (Lipinski definition) is 0. The van der Waals surface area contributed by atoms with Crippen molar-refractivity contribution in [3.63, 3.8) is 0 Å². The molecule has 3 aromatic rings. The van der Waals surface area contributed by atoms with Gasteiger partial charge in [0.25, 0.3) is 0 Å². The van der Waals surface area contributed by atoms with Gasteiger partial charge >= 0.3 is 0 Å². The Morgan fingerprint density at radius 1 is 1.07 bits per heavy atom. The van der Waals surface area contributed by atoms with Crippen LogP contribution < -0.4 is 4.74 Å². The van der Waals surface area contributed by atoms with Crippen LogP contribution in [0.2, 0.25) is 0 Å². The lowest BCUT2D eigenvalue weighted by atomic mass is 10.0. The summed E-state index contributed by atoms with van der Waals surface area (Å²) in [7, 11) is 1.62. The summed E-state index contributed by atoms with van der Waals surface area (Å²) in [5.41, 5.74) is 1.93. The molecule has 1 heterocycles. The molecule has 1 saturated heterocycles. The van der Waals surface area contributed by atoms with Crippen LogP contribution in [-0.4, -0.2) is 34.5 Å². The topological polar surface area (TPSA) is 54.3 Å². The molecule has 0 bridgehead atoms. The Bertz CT molecular complexity index is 1100. The first-order chi connectivity index (χ1) is 14.2. The molecule has 6 heteroatoms. The summed E-state index contributed by atoms with van der Waals surface area (Å²) in [5.74, 6) is 0.779. The van der Waals surface area contributed by atoms with Crippen molar-refractivity contribution in [1.82, 2.24) is 4.90 Å². The van der Waals surface area contributed by atoms with E-state index in [9.17, 15) is 4.79 Å². The number of nitrogens with zero attached hydrogens (tertiary/aromatic N) is 3. The van der Waals surface area contributed by atoms with Gasteiger partial charge in [-0.25, -0.2) is 0 Å². The predicted molar refractivity (Wildman–Crippen MR) is 120 cm³/mol. The number of benzene rings is 3. The second-order valence-corrected chi connectivity index (χ2v) is 8.00. The van der Waals surface area contributed by atoms with Gasteiger partial charge in [-0.05, 0) is 35.4 Å². The number of amidine groups is 1. The van der Waals surface area contributed by atoms with E-state index in [0.29, 0.717) is 11.7 Å². The molecular weight excluding hydrogens is 382 g/mol. The summed E-state index contributed by atoms with van der Waals surface area (Å²) in [5, 5.41) is 11.3. The lowest BCUT2D eigenvalue weighted by Gasteiger charge is -2.17.